The van der Waals surface area contributed by atoms with Crippen molar-refractivity contribution in [3.63, 3.8) is 0 Å². The van der Waals surface area contributed by atoms with Gasteiger partial charge in [-0.2, -0.15) is 0 Å². The fourth-order valence-electron chi connectivity index (χ4n) is 3.21. The van der Waals surface area contributed by atoms with Gasteiger partial charge in [-0.1, -0.05) is 19.9 Å². The molecule has 1 fully saturated rings. The molecule has 26 heavy (non-hydrogen) atoms. The second-order valence-electron chi connectivity index (χ2n) is 7.08. The smallest absolute Gasteiger partial charge is 0.253 e. The zero-order valence-corrected chi connectivity index (χ0v) is 15.8. The Morgan fingerprint density at radius 2 is 2.12 bits per heavy atom. The van der Waals surface area contributed by atoms with E-state index in [9.17, 15) is 14.1 Å². The van der Waals surface area contributed by atoms with E-state index in [1.165, 1.54) is 6.07 Å². The van der Waals surface area contributed by atoms with Crippen LogP contribution in [0.15, 0.2) is 18.2 Å². The number of halogens is 1. The Labute approximate surface area is 155 Å². The van der Waals surface area contributed by atoms with Crippen LogP contribution in [-0.2, 0) is 16.0 Å². The predicted molar refractivity (Wildman–Crippen MR) is 100 cm³/mol. The summed E-state index contributed by atoms with van der Waals surface area (Å²) in [6, 6.07) is 2.93. The van der Waals surface area contributed by atoms with Gasteiger partial charge >= 0.3 is 0 Å². The first kappa shape index (κ1) is 18.8. The molecule has 1 saturated heterocycles. The van der Waals surface area contributed by atoms with Crippen molar-refractivity contribution in [3.8, 4) is 5.75 Å². The Kier molecular flexibility index (Phi) is 5.62. The lowest BCUT2D eigenvalue weighted by atomic mass is 9.99. The number of phenols is 1. The van der Waals surface area contributed by atoms with Crippen LogP contribution in [0.2, 0.25) is 0 Å². The van der Waals surface area contributed by atoms with Gasteiger partial charge in [-0.3, -0.25) is 18.7 Å². The maximum Gasteiger partial charge on any atom is 0.253 e. The molecule has 0 bridgehead atoms. The Bertz CT molecular complexity index is 766. The van der Waals surface area contributed by atoms with Crippen LogP contribution in [0.3, 0.4) is 0 Å². The lowest BCUT2D eigenvalue weighted by molar-refractivity contribution is -0.117. The molecule has 0 aromatic heterocycles. The number of aromatic hydroxyl groups is 1. The van der Waals surface area contributed by atoms with Crippen molar-refractivity contribution in [1.82, 2.24) is 9.62 Å². The van der Waals surface area contributed by atoms with E-state index in [1.807, 2.05) is 6.08 Å². The van der Waals surface area contributed by atoms with Crippen molar-refractivity contribution in [1.29, 1.82) is 0 Å². The summed E-state index contributed by atoms with van der Waals surface area (Å²) in [7, 11) is 0. The number of nitrogens with one attached hydrogen (secondary N) is 1. The Morgan fingerprint density at radius 1 is 1.35 bits per heavy atom. The third-order valence-electron chi connectivity index (χ3n) is 4.63. The third kappa shape index (κ3) is 3.91. The molecule has 2 aliphatic heterocycles. The van der Waals surface area contributed by atoms with Crippen molar-refractivity contribution >= 4 is 28.3 Å². The molecule has 3 rings (SSSR count). The van der Waals surface area contributed by atoms with Gasteiger partial charge in [0.1, 0.15) is 18.0 Å². The average Bonchev–Trinajstić information content (AvgIpc) is 2.91. The minimum absolute atomic E-state index is 0.195. The standard InChI is InChI=1S/C18H24FN3O3S/c1-12(2)7-9-21-8-3-4-13(10-21)14-5-6-15(23)18(17(14)19)22-11-16(24)20-26(22)25/h4-6,12,23H,3,7-11H2,1-2H3,(H,20,24). The van der Waals surface area contributed by atoms with Gasteiger partial charge in [-0.05, 0) is 43.0 Å². The highest BCUT2D eigenvalue weighted by Gasteiger charge is 2.32. The summed E-state index contributed by atoms with van der Waals surface area (Å²) < 4.78 is 30.4. The first-order valence-electron chi connectivity index (χ1n) is 8.79. The summed E-state index contributed by atoms with van der Waals surface area (Å²) in [5.74, 6) is -0.836. The number of rotatable bonds is 5. The number of carbonyl (C=O) groups excluding carboxylic acids is 1. The highest BCUT2D eigenvalue weighted by Crippen LogP contribution is 2.37. The summed E-state index contributed by atoms with van der Waals surface area (Å²) in [6.07, 6.45) is 3.92. The molecule has 142 valence electrons. The van der Waals surface area contributed by atoms with Crippen LogP contribution in [0.4, 0.5) is 10.1 Å². The van der Waals surface area contributed by atoms with Gasteiger partial charge in [0.15, 0.2) is 5.82 Å². The number of amides is 1. The number of hydrogen-bond acceptors (Lipinski definition) is 4. The third-order valence-corrected chi connectivity index (χ3v) is 5.75. The number of phenolic OH excluding ortho intramolecular Hbond substituents is 1. The summed E-state index contributed by atoms with van der Waals surface area (Å²) in [4.78, 5) is 13.7. The van der Waals surface area contributed by atoms with E-state index in [0.717, 1.165) is 35.8 Å². The van der Waals surface area contributed by atoms with Crippen molar-refractivity contribution in [3.05, 3.63) is 29.6 Å². The van der Waals surface area contributed by atoms with Crippen LogP contribution < -0.4 is 9.03 Å². The monoisotopic (exact) mass is 381 g/mol. The molecule has 2 aliphatic rings. The molecule has 1 atom stereocenters. The number of anilines is 1. The molecule has 1 unspecified atom stereocenters. The van der Waals surface area contributed by atoms with E-state index in [4.69, 9.17) is 0 Å². The molecule has 1 aromatic rings. The highest BCUT2D eigenvalue weighted by atomic mass is 32.2. The van der Waals surface area contributed by atoms with Crippen LogP contribution in [-0.4, -0.2) is 46.3 Å². The molecular formula is C18H24FN3O3S. The van der Waals surface area contributed by atoms with E-state index in [-0.39, 0.29) is 18.0 Å². The Hall–Kier alpha value is -1.93. The Morgan fingerprint density at radius 3 is 2.77 bits per heavy atom. The minimum atomic E-state index is -1.89. The van der Waals surface area contributed by atoms with E-state index in [2.05, 4.69) is 23.5 Å². The van der Waals surface area contributed by atoms with E-state index in [1.54, 1.807) is 6.07 Å². The fraction of sp³-hybridized carbons (Fsp3) is 0.500. The molecule has 1 amide bonds. The molecule has 0 aliphatic carbocycles. The maximum absolute atomic E-state index is 15.2. The quantitative estimate of drug-likeness (QED) is 0.820. The van der Waals surface area contributed by atoms with Gasteiger partial charge in [-0.15, -0.1) is 0 Å². The molecule has 0 saturated carbocycles. The second kappa shape index (κ2) is 7.75. The lowest BCUT2D eigenvalue weighted by Gasteiger charge is -2.28. The van der Waals surface area contributed by atoms with Gasteiger partial charge in [0.2, 0.25) is 11.2 Å². The molecule has 8 heteroatoms. The van der Waals surface area contributed by atoms with Gasteiger partial charge in [0, 0.05) is 18.7 Å². The van der Waals surface area contributed by atoms with Crippen LogP contribution in [0.5, 0.6) is 5.75 Å². The first-order chi connectivity index (χ1) is 12.4. The molecule has 1 aromatic carbocycles. The normalized spacial score (nSPS) is 21.2. The van der Waals surface area contributed by atoms with Gasteiger partial charge in [-0.25, -0.2) is 8.60 Å². The van der Waals surface area contributed by atoms with Crippen molar-refractivity contribution in [2.45, 2.75) is 26.7 Å². The van der Waals surface area contributed by atoms with Crippen molar-refractivity contribution in [2.24, 2.45) is 5.92 Å². The van der Waals surface area contributed by atoms with Gasteiger partial charge in [0.05, 0.1) is 0 Å². The molecule has 2 heterocycles. The summed E-state index contributed by atoms with van der Waals surface area (Å²) in [5.41, 5.74) is 1.03. The Balaban J connectivity index is 1.87. The first-order valence-corrected chi connectivity index (χ1v) is 9.89. The van der Waals surface area contributed by atoms with Crippen LogP contribution in [0.1, 0.15) is 32.3 Å². The fourth-order valence-corrected chi connectivity index (χ4v) is 4.15. The molecule has 0 radical (unpaired) electrons. The number of hydrogen-bond donors (Lipinski definition) is 2. The van der Waals surface area contributed by atoms with E-state index in [0.29, 0.717) is 18.0 Å². The van der Waals surface area contributed by atoms with Crippen LogP contribution in [0, 0.1) is 11.7 Å². The van der Waals surface area contributed by atoms with Gasteiger partial charge < -0.3 is 5.11 Å². The van der Waals surface area contributed by atoms with Gasteiger partial charge in [0.25, 0.3) is 5.91 Å². The minimum Gasteiger partial charge on any atom is -0.506 e. The van der Waals surface area contributed by atoms with E-state index >= 15 is 4.39 Å². The zero-order valence-electron chi connectivity index (χ0n) is 15.0. The zero-order chi connectivity index (χ0) is 18.8. The second-order valence-corrected chi connectivity index (χ2v) is 8.23. The van der Waals surface area contributed by atoms with Crippen LogP contribution in [0.25, 0.3) is 5.57 Å². The predicted octanol–water partition coefficient (Wildman–Crippen LogP) is 2.18. The number of carbonyl (C=O) groups is 1. The van der Waals surface area contributed by atoms with Crippen molar-refractivity contribution < 1.29 is 18.5 Å². The number of benzene rings is 1. The average molecular weight is 381 g/mol. The summed E-state index contributed by atoms with van der Waals surface area (Å²) in [5, 5.41) is 10.1. The summed E-state index contributed by atoms with van der Waals surface area (Å²) >= 11 is -1.89. The van der Waals surface area contributed by atoms with Crippen LogP contribution >= 0.6 is 0 Å². The maximum atomic E-state index is 15.2. The SMILES string of the molecule is CC(C)CCN1CCC=C(c2ccc(O)c(N3CC(=O)NS3=O)c2F)C1. The lowest BCUT2D eigenvalue weighted by Crippen LogP contribution is -2.31. The van der Waals surface area contributed by atoms with Crippen molar-refractivity contribution in [2.75, 3.05) is 30.5 Å². The molecule has 6 nitrogen and oxygen atoms in total. The molecule has 2 N–H and O–H groups in total. The number of nitrogens with zero attached hydrogens (tertiary/aromatic N) is 2. The summed E-state index contributed by atoms with van der Waals surface area (Å²) in [6.45, 7) is 6.64. The highest BCUT2D eigenvalue weighted by molar-refractivity contribution is 7.85. The van der Waals surface area contributed by atoms with E-state index < -0.39 is 22.9 Å². The topological polar surface area (TPSA) is 72.9 Å². The molecular weight excluding hydrogens is 357 g/mol. The largest absolute Gasteiger partial charge is 0.506 e. The molecule has 0 spiro atoms.